The summed E-state index contributed by atoms with van der Waals surface area (Å²) in [6.45, 7) is 10.2. The van der Waals surface area contributed by atoms with Gasteiger partial charge in [-0.1, -0.05) is 27.7 Å². The Morgan fingerprint density at radius 2 is 2.07 bits per heavy atom. The summed E-state index contributed by atoms with van der Waals surface area (Å²) in [5.74, 6) is 2.09. The van der Waals surface area contributed by atoms with Crippen molar-refractivity contribution in [2.24, 2.45) is 0 Å². The van der Waals surface area contributed by atoms with Crippen molar-refractivity contribution in [3.63, 3.8) is 0 Å². The van der Waals surface area contributed by atoms with Crippen LogP contribution in [0.25, 0.3) is 0 Å². The Balaban J connectivity index is 2.37. The van der Waals surface area contributed by atoms with Crippen LogP contribution in [0.3, 0.4) is 0 Å². The van der Waals surface area contributed by atoms with Gasteiger partial charge < -0.3 is 4.57 Å². The summed E-state index contributed by atoms with van der Waals surface area (Å²) in [5.41, 5.74) is 1.61. The van der Waals surface area contributed by atoms with E-state index in [0.717, 1.165) is 12.5 Å². The van der Waals surface area contributed by atoms with E-state index in [0.29, 0.717) is 0 Å². The normalized spacial score (nSPS) is 17.1. The highest BCUT2D eigenvalue weighted by molar-refractivity contribution is 5.19. The van der Waals surface area contributed by atoms with E-state index >= 15 is 0 Å². The highest BCUT2D eigenvalue weighted by Gasteiger charge is 2.31. The Labute approximate surface area is 92.7 Å². The molecule has 0 radical (unpaired) electrons. The minimum atomic E-state index is 0.218. The zero-order valence-corrected chi connectivity index (χ0v) is 10.4. The van der Waals surface area contributed by atoms with Crippen LogP contribution in [0, 0.1) is 0 Å². The molecular formula is C13H22N2. The molecule has 0 N–H and O–H groups in total. The molecule has 0 unspecified atom stereocenters. The Hall–Kier alpha value is -0.790. The van der Waals surface area contributed by atoms with E-state index in [2.05, 4.69) is 43.4 Å². The number of imidazole rings is 1. The van der Waals surface area contributed by atoms with E-state index < -0.39 is 0 Å². The number of hydrogen-bond acceptors (Lipinski definition) is 1. The van der Waals surface area contributed by atoms with Crippen molar-refractivity contribution < 1.29 is 0 Å². The van der Waals surface area contributed by atoms with Crippen LogP contribution in [-0.4, -0.2) is 9.55 Å². The summed E-state index contributed by atoms with van der Waals surface area (Å²) < 4.78 is 2.46. The van der Waals surface area contributed by atoms with Gasteiger partial charge >= 0.3 is 0 Å². The molecule has 15 heavy (non-hydrogen) atoms. The van der Waals surface area contributed by atoms with Crippen LogP contribution >= 0.6 is 0 Å². The molecule has 1 aromatic rings. The van der Waals surface area contributed by atoms with Gasteiger partial charge in [0.15, 0.2) is 0 Å². The molecule has 0 spiro atoms. The molecule has 2 heteroatoms. The highest BCUT2D eigenvalue weighted by atomic mass is 15.1. The minimum absolute atomic E-state index is 0.218. The summed E-state index contributed by atoms with van der Waals surface area (Å²) in [4.78, 5) is 4.63. The van der Waals surface area contributed by atoms with Gasteiger partial charge in [-0.25, -0.2) is 4.98 Å². The fourth-order valence-electron chi connectivity index (χ4n) is 2.11. The Morgan fingerprint density at radius 3 is 2.53 bits per heavy atom. The van der Waals surface area contributed by atoms with Gasteiger partial charge in [-0.15, -0.1) is 0 Å². The fourth-order valence-corrected chi connectivity index (χ4v) is 2.11. The maximum atomic E-state index is 4.63. The number of nitrogens with zero attached hydrogens (tertiary/aromatic N) is 2. The molecule has 1 fully saturated rings. The summed E-state index contributed by atoms with van der Waals surface area (Å²) in [6, 6.07) is 0. The van der Waals surface area contributed by atoms with E-state index in [1.165, 1.54) is 30.8 Å². The van der Waals surface area contributed by atoms with Gasteiger partial charge in [0.25, 0.3) is 0 Å². The summed E-state index contributed by atoms with van der Waals surface area (Å²) in [6.07, 6.45) is 5.96. The molecule has 0 bridgehead atoms. The first-order chi connectivity index (χ1) is 7.04. The van der Waals surface area contributed by atoms with Crippen LogP contribution in [0.1, 0.15) is 64.4 Å². The Kier molecular flexibility index (Phi) is 2.61. The van der Waals surface area contributed by atoms with Crippen LogP contribution in [0.5, 0.6) is 0 Å². The molecule has 1 saturated carbocycles. The van der Waals surface area contributed by atoms with Crippen LogP contribution in [0.15, 0.2) is 6.20 Å². The molecule has 2 nitrogen and oxygen atoms in total. The average molecular weight is 206 g/mol. The van der Waals surface area contributed by atoms with E-state index in [1.807, 2.05) is 0 Å². The largest absolute Gasteiger partial charge is 0.331 e. The summed E-state index contributed by atoms with van der Waals surface area (Å²) in [7, 11) is 0. The fraction of sp³-hybridized carbons (Fsp3) is 0.769. The van der Waals surface area contributed by atoms with Crippen LogP contribution in [-0.2, 0) is 12.0 Å². The third-order valence-corrected chi connectivity index (χ3v) is 3.04. The minimum Gasteiger partial charge on any atom is -0.331 e. The van der Waals surface area contributed by atoms with Gasteiger partial charge in [0.1, 0.15) is 5.82 Å². The first kappa shape index (κ1) is 10.7. The molecule has 0 saturated heterocycles. The lowest BCUT2D eigenvalue weighted by Crippen LogP contribution is -2.18. The first-order valence-electron chi connectivity index (χ1n) is 6.10. The molecule has 0 aliphatic heterocycles. The number of hydrogen-bond donors (Lipinski definition) is 0. The number of rotatable bonds is 3. The quantitative estimate of drug-likeness (QED) is 0.740. The molecule has 84 valence electrons. The monoisotopic (exact) mass is 206 g/mol. The van der Waals surface area contributed by atoms with Crippen LogP contribution < -0.4 is 0 Å². The molecule has 0 amide bonds. The standard InChI is InChI=1S/C13H22N2/c1-5-8-15-11(13(2,3)4)9-14-12(15)10-6-7-10/h9-10H,5-8H2,1-4H3. The van der Waals surface area contributed by atoms with Crippen molar-refractivity contribution in [2.45, 2.75) is 64.8 Å². The predicted molar refractivity (Wildman–Crippen MR) is 63.2 cm³/mol. The van der Waals surface area contributed by atoms with Gasteiger partial charge in [-0.05, 0) is 19.3 Å². The van der Waals surface area contributed by atoms with Crippen molar-refractivity contribution in [1.82, 2.24) is 9.55 Å². The lowest BCUT2D eigenvalue weighted by atomic mass is 9.92. The molecule has 2 rings (SSSR count). The second-order valence-corrected chi connectivity index (χ2v) is 5.68. The second kappa shape index (κ2) is 3.66. The highest BCUT2D eigenvalue weighted by Crippen LogP contribution is 2.40. The lowest BCUT2D eigenvalue weighted by Gasteiger charge is -2.21. The van der Waals surface area contributed by atoms with E-state index in [9.17, 15) is 0 Å². The van der Waals surface area contributed by atoms with Gasteiger partial charge in [-0.3, -0.25) is 0 Å². The van der Waals surface area contributed by atoms with Gasteiger partial charge in [0, 0.05) is 29.8 Å². The molecule has 1 heterocycles. The van der Waals surface area contributed by atoms with E-state index in [1.54, 1.807) is 0 Å². The van der Waals surface area contributed by atoms with E-state index in [4.69, 9.17) is 0 Å². The lowest BCUT2D eigenvalue weighted by molar-refractivity contribution is 0.503. The van der Waals surface area contributed by atoms with Crippen molar-refractivity contribution >= 4 is 0 Å². The molecule has 0 aromatic carbocycles. The van der Waals surface area contributed by atoms with Crippen molar-refractivity contribution in [3.8, 4) is 0 Å². The summed E-state index contributed by atoms with van der Waals surface area (Å²) in [5, 5.41) is 0. The molecule has 0 atom stereocenters. The summed E-state index contributed by atoms with van der Waals surface area (Å²) >= 11 is 0. The smallest absolute Gasteiger partial charge is 0.111 e. The second-order valence-electron chi connectivity index (χ2n) is 5.68. The van der Waals surface area contributed by atoms with Gasteiger partial charge in [0.2, 0.25) is 0 Å². The van der Waals surface area contributed by atoms with Crippen molar-refractivity contribution in [2.75, 3.05) is 0 Å². The third kappa shape index (κ3) is 2.09. The molecule has 1 aromatic heterocycles. The molecular weight excluding hydrogens is 184 g/mol. The predicted octanol–water partition coefficient (Wildman–Crippen LogP) is 3.47. The maximum Gasteiger partial charge on any atom is 0.111 e. The van der Waals surface area contributed by atoms with E-state index in [-0.39, 0.29) is 5.41 Å². The Bertz CT molecular complexity index is 340. The van der Waals surface area contributed by atoms with Gasteiger partial charge in [0.05, 0.1) is 0 Å². The van der Waals surface area contributed by atoms with Crippen molar-refractivity contribution in [3.05, 3.63) is 17.7 Å². The number of aromatic nitrogens is 2. The zero-order valence-electron chi connectivity index (χ0n) is 10.4. The van der Waals surface area contributed by atoms with Crippen molar-refractivity contribution in [1.29, 1.82) is 0 Å². The SMILES string of the molecule is CCCn1c(C(C)(C)C)cnc1C1CC1. The average Bonchev–Trinajstić information content (AvgIpc) is 2.87. The molecule has 1 aliphatic carbocycles. The third-order valence-electron chi connectivity index (χ3n) is 3.04. The molecule has 1 aliphatic rings. The first-order valence-corrected chi connectivity index (χ1v) is 6.10. The zero-order chi connectivity index (χ0) is 11.1. The topological polar surface area (TPSA) is 17.8 Å². The maximum absolute atomic E-state index is 4.63. The Morgan fingerprint density at radius 1 is 1.40 bits per heavy atom. The van der Waals surface area contributed by atoms with Crippen LogP contribution in [0.2, 0.25) is 0 Å². The van der Waals surface area contributed by atoms with Gasteiger partial charge in [-0.2, -0.15) is 0 Å². The van der Waals surface area contributed by atoms with Crippen LogP contribution in [0.4, 0.5) is 0 Å².